The zero-order chi connectivity index (χ0) is 8.10. The van der Waals surface area contributed by atoms with Crippen LogP contribution in [0.2, 0.25) is 5.02 Å². The third-order valence-electron chi connectivity index (χ3n) is 1.13. The highest BCUT2D eigenvalue weighted by atomic mass is 35.5. The second-order valence-electron chi connectivity index (χ2n) is 2.01. The van der Waals surface area contributed by atoms with Crippen LogP contribution in [0.3, 0.4) is 0 Å². The average molecular weight is 169 g/mol. The molecule has 0 radical (unpaired) electrons. The fourth-order valence-electron chi connectivity index (χ4n) is 0.630. The molecule has 1 aromatic rings. The Morgan fingerprint density at radius 2 is 2.36 bits per heavy atom. The fourth-order valence-corrected chi connectivity index (χ4v) is 0.742. The predicted molar refractivity (Wildman–Crippen MR) is 47.7 cm³/mol. The number of rotatable bonds is 2. The van der Waals surface area contributed by atoms with Gasteiger partial charge >= 0.3 is 0 Å². The molecule has 1 rings (SSSR count). The second kappa shape index (κ2) is 3.98. The van der Waals surface area contributed by atoms with Gasteiger partial charge in [-0.1, -0.05) is 17.7 Å². The molecule has 0 saturated carbocycles. The molecular weight excluding hydrogens is 160 g/mol. The molecular formula is C8H9ClN2. The normalized spacial score (nSPS) is 10.4. The van der Waals surface area contributed by atoms with Crippen LogP contribution in [-0.2, 0) is 0 Å². The SMILES string of the molecule is C/C=C\Nc1ccc(Cl)cn1. The Morgan fingerprint density at radius 3 is 2.91 bits per heavy atom. The Labute approximate surface area is 70.9 Å². The van der Waals surface area contributed by atoms with Crippen molar-refractivity contribution >= 4 is 17.4 Å². The third kappa shape index (κ3) is 2.60. The van der Waals surface area contributed by atoms with Gasteiger partial charge in [0.25, 0.3) is 0 Å². The molecule has 3 heteroatoms. The molecule has 0 bridgehead atoms. The van der Waals surface area contributed by atoms with Gasteiger partial charge in [0.2, 0.25) is 0 Å². The summed E-state index contributed by atoms with van der Waals surface area (Å²) in [7, 11) is 0. The number of anilines is 1. The first-order chi connectivity index (χ1) is 5.33. The van der Waals surface area contributed by atoms with Crippen LogP contribution < -0.4 is 5.32 Å². The monoisotopic (exact) mass is 168 g/mol. The van der Waals surface area contributed by atoms with Crippen LogP contribution in [0.25, 0.3) is 0 Å². The van der Waals surface area contributed by atoms with Gasteiger partial charge in [0.15, 0.2) is 0 Å². The van der Waals surface area contributed by atoms with Gasteiger partial charge in [-0.25, -0.2) is 4.98 Å². The number of hydrogen-bond acceptors (Lipinski definition) is 2. The van der Waals surface area contributed by atoms with Crippen LogP contribution in [-0.4, -0.2) is 4.98 Å². The van der Waals surface area contributed by atoms with Gasteiger partial charge in [-0.05, 0) is 25.3 Å². The Kier molecular flexibility index (Phi) is 2.93. The summed E-state index contributed by atoms with van der Waals surface area (Å²) in [6.07, 6.45) is 5.32. The highest BCUT2D eigenvalue weighted by Crippen LogP contribution is 2.08. The lowest BCUT2D eigenvalue weighted by Gasteiger charge is -1.97. The second-order valence-corrected chi connectivity index (χ2v) is 2.44. The van der Waals surface area contributed by atoms with Crippen LogP contribution in [0.1, 0.15) is 6.92 Å². The average Bonchev–Trinajstić information content (AvgIpc) is 2.04. The lowest BCUT2D eigenvalue weighted by Crippen LogP contribution is -1.88. The van der Waals surface area contributed by atoms with E-state index >= 15 is 0 Å². The van der Waals surface area contributed by atoms with Gasteiger partial charge < -0.3 is 5.32 Å². The molecule has 0 unspecified atom stereocenters. The van der Waals surface area contributed by atoms with Crippen LogP contribution in [0, 0.1) is 0 Å². The van der Waals surface area contributed by atoms with E-state index in [4.69, 9.17) is 11.6 Å². The number of halogens is 1. The third-order valence-corrected chi connectivity index (χ3v) is 1.35. The minimum atomic E-state index is 0.649. The van der Waals surface area contributed by atoms with Crippen LogP contribution in [0.5, 0.6) is 0 Å². The van der Waals surface area contributed by atoms with Crippen LogP contribution >= 0.6 is 11.6 Å². The molecule has 11 heavy (non-hydrogen) atoms. The highest BCUT2D eigenvalue weighted by molar-refractivity contribution is 6.30. The molecule has 58 valence electrons. The van der Waals surface area contributed by atoms with Crippen molar-refractivity contribution in [3.63, 3.8) is 0 Å². The summed E-state index contributed by atoms with van der Waals surface area (Å²) >= 11 is 5.64. The number of hydrogen-bond donors (Lipinski definition) is 1. The Bertz CT molecular complexity index is 241. The molecule has 0 aromatic carbocycles. The van der Waals surface area contributed by atoms with Gasteiger partial charge in [-0.2, -0.15) is 0 Å². The van der Waals surface area contributed by atoms with Gasteiger partial charge in [0.05, 0.1) is 5.02 Å². The van der Waals surface area contributed by atoms with E-state index in [1.807, 2.05) is 25.3 Å². The van der Waals surface area contributed by atoms with E-state index < -0.39 is 0 Å². The summed E-state index contributed by atoms with van der Waals surface area (Å²) in [5.41, 5.74) is 0. The van der Waals surface area contributed by atoms with E-state index in [-0.39, 0.29) is 0 Å². The van der Waals surface area contributed by atoms with Crippen molar-refractivity contribution in [2.75, 3.05) is 5.32 Å². The molecule has 0 atom stereocenters. The first-order valence-corrected chi connectivity index (χ1v) is 3.70. The van der Waals surface area contributed by atoms with Crippen molar-refractivity contribution in [3.05, 3.63) is 35.6 Å². The molecule has 1 heterocycles. The van der Waals surface area contributed by atoms with Gasteiger partial charge in [0.1, 0.15) is 5.82 Å². The van der Waals surface area contributed by atoms with E-state index in [0.717, 1.165) is 5.82 Å². The summed E-state index contributed by atoms with van der Waals surface area (Å²) in [6.45, 7) is 1.93. The van der Waals surface area contributed by atoms with E-state index in [9.17, 15) is 0 Å². The lowest BCUT2D eigenvalue weighted by molar-refractivity contribution is 1.31. The summed E-state index contributed by atoms with van der Waals surface area (Å²) in [5, 5.41) is 3.62. The maximum Gasteiger partial charge on any atom is 0.129 e. The van der Waals surface area contributed by atoms with Crippen molar-refractivity contribution < 1.29 is 0 Å². The first kappa shape index (κ1) is 8.08. The largest absolute Gasteiger partial charge is 0.347 e. The summed E-state index contributed by atoms with van der Waals surface area (Å²) in [5.74, 6) is 0.799. The Morgan fingerprint density at radius 1 is 1.55 bits per heavy atom. The summed E-state index contributed by atoms with van der Waals surface area (Å²) in [4.78, 5) is 4.02. The van der Waals surface area contributed by atoms with Crippen molar-refractivity contribution in [1.82, 2.24) is 4.98 Å². The van der Waals surface area contributed by atoms with E-state index in [2.05, 4.69) is 10.3 Å². The van der Waals surface area contributed by atoms with Crippen molar-refractivity contribution in [1.29, 1.82) is 0 Å². The molecule has 0 amide bonds. The van der Waals surface area contributed by atoms with Gasteiger partial charge in [-0.15, -0.1) is 0 Å². The number of pyridine rings is 1. The lowest BCUT2D eigenvalue weighted by atomic mass is 10.4. The number of allylic oxidation sites excluding steroid dienone is 1. The minimum Gasteiger partial charge on any atom is -0.347 e. The molecule has 2 nitrogen and oxygen atoms in total. The fraction of sp³-hybridized carbons (Fsp3) is 0.125. The predicted octanol–water partition coefficient (Wildman–Crippen LogP) is 2.68. The summed E-state index contributed by atoms with van der Waals surface area (Å²) in [6, 6.07) is 3.61. The van der Waals surface area contributed by atoms with E-state index in [1.165, 1.54) is 0 Å². The Hall–Kier alpha value is -1.02. The first-order valence-electron chi connectivity index (χ1n) is 3.32. The van der Waals surface area contributed by atoms with Crippen LogP contribution in [0.15, 0.2) is 30.6 Å². The van der Waals surface area contributed by atoms with Gasteiger partial charge in [-0.3, -0.25) is 0 Å². The van der Waals surface area contributed by atoms with Crippen molar-refractivity contribution in [3.8, 4) is 0 Å². The van der Waals surface area contributed by atoms with E-state index in [0.29, 0.717) is 5.02 Å². The number of nitrogens with one attached hydrogen (secondary N) is 1. The number of nitrogens with zero attached hydrogens (tertiary/aromatic N) is 1. The molecule has 0 spiro atoms. The Balaban J connectivity index is 2.66. The molecule has 0 aliphatic rings. The quantitative estimate of drug-likeness (QED) is 0.735. The van der Waals surface area contributed by atoms with Crippen LogP contribution in [0.4, 0.5) is 5.82 Å². The zero-order valence-corrected chi connectivity index (χ0v) is 6.97. The molecule has 1 N–H and O–H groups in total. The van der Waals surface area contributed by atoms with E-state index in [1.54, 1.807) is 12.3 Å². The zero-order valence-electron chi connectivity index (χ0n) is 6.21. The van der Waals surface area contributed by atoms with Crippen molar-refractivity contribution in [2.24, 2.45) is 0 Å². The molecule has 0 aliphatic carbocycles. The molecule has 0 saturated heterocycles. The minimum absolute atomic E-state index is 0.649. The topological polar surface area (TPSA) is 24.9 Å². The smallest absolute Gasteiger partial charge is 0.129 e. The summed E-state index contributed by atoms with van der Waals surface area (Å²) < 4.78 is 0. The molecule has 0 aliphatic heterocycles. The standard InChI is InChI=1S/C8H9ClN2/c1-2-5-10-8-4-3-7(9)6-11-8/h2-6H,1H3,(H,10,11)/b5-2-. The molecule has 0 fully saturated rings. The van der Waals surface area contributed by atoms with Crippen molar-refractivity contribution in [2.45, 2.75) is 6.92 Å². The maximum atomic E-state index is 5.64. The van der Waals surface area contributed by atoms with Gasteiger partial charge in [0, 0.05) is 6.20 Å². The maximum absolute atomic E-state index is 5.64. The number of aromatic nitrogens is 1. The molecule has 1 aromatic heterocycles. The highest BCUT2D eigenvalue weighted by Gasteiger charge is 1.88.